The zero-order chi connectivity index (χ0) is 21.9. The van der Waals surface area contributed by atoms with Crippen LogP contribution < -0.4 is 5.32 Å². The molecule has 0 saturated heterocycles. The Morgan fingerprint density at radius 2 is 2.10 bits per heavy atom. The van der Waals surface area contributed by atoms with Crippen LogP contribution in [0.15, 0.2) is 30.3 Å². The zero-order valence-corrected chi connectivity index (χ0v) is 19.5. The average Bonchev–Trinajstić information content (AvgIpc) is 3.03. The number of anilines is 1. The van der Waals surface area contributed by atoms with Gasteiger partial charge in [0.05, 0.1) is 12.2 Å². The van der Waals surface area contributed by atoms with Crippen molar-refractivity contribution in [2.45, 2.75) is 47.0 Å². The fourth-order valence-corrected chi connectivity index (χ4v) is 5.29. The minimum Gasteiger partial charge on any atom is -0.462 e. The van der Waals surface area contributed by atoms with Gasteiger partial charge in [0.1, 0.15) is 5.00 Å². The highest BCUT2D eigenvalue weighted by atomic mass is 35.5. The molecular weight excluding hydrogens is 418 g/mol. The summed E-state index contributed by atoms with van der Waals surface area (Å²) in [6.45, 7) is 8.86. The van der Waals surface area contributed by atoms with Gasteiger partial charge in [0.2, 0.25) is 5.91 Å². The highest BCUT2D eigenvalue weighted by molar-refractivity contribution is 7.17. The van der Waals surface area contributed by atoms with Crippen LogP contribution in [0, 0.1) is 11.3 Å². The number of nitrogens with one attached hydrogen (secondary N) is 1. The summed E-state index contributed by atoms with van der Waals surface area (Å²) < 4.78 is 5.29. The van der Waals surface area contributed by atoms with Gasteiger partial charge in [-0.1, -0.05) is 44.5 Å². The third kappa shape index (κ3) is 5.32. The number of esters is 1. The second-order valence-corrected chi connectivity index (χ2v) is 10.2. The predicted octanol–water partition coefficient (Wildman–Crippen LogP) is 6.38. The van der Waals surface area contributed by atoms with Crippen molar-refractivity contribution in [3.63, 3.8) is 0 Å². The van der Waals surface area contributed by atoms with E-state index in [2.05, 4.69) is 26.1 Å². The summed E-state index contributed by atoms with van der Waals surface area (Å²) in [6, 6.07) is 7.27. The molecule has 1 aliphatic rings. The Morgan fingerprint density at radius 3 is 2.77 bits per heavy atom. The van der Waals surface area contributed by atoms with Crippen molar-refractivity contribution in [3.8, 4) is 0 Å². The number of hydrogen-bond donors (Lipinski definition) is 1. The number of benzene rings is 1. The first-order chi connectivity index (χ1) is 14.2. The van der Waals surface area contributed by atoms with Gasteiger partial charge in [-0.05, 0) is 66.9 Å². The lowest BCUT2D eigenvalue weighted by atomic mass is 9.72. The van der Waals surface area contributed by atoms with Crippen LogP contribution in [0.1, 0.15) is 60.5 Å². The lowest BCUT2D eigenvalue weighted by Gasteiger charge is -2.33. The molecule has 2 aromatic rings. The first-order valence-corrected chi connectivity index (χ1v) is 11.4. The van der Waals surface area contributed by atoms with E-state index >= 15 is 0 Å². The van der Waals surface area contributed by atoms with E-state index in [1.165, 1.54) is 22.3 Å². The van der Waals surface area contributed by atoms with Gasteiger partial charge in [0, 0.05) is 16.0 Å². The Balaban J connectivity index is 1.85. The fraction of sp³-hybridized carbons (Fsp3) is 0.417. The molecule has 1 unspecified atom stereocenters. The molecule has 1 heterocycles. The molecule has 1 aliphatic carbocycles. The number of amides is 1. The van der Waals surface area contributed by atoms with E-state index in [1.807, 2.05) is 12.1 Å². The maximum atomic E-state index is 12.7. The Kier molecular flexibility index (Phi) is 7.04. The summed E-state index contributed by atoms with van der Waals surface area (Å²) in [5, 5.41) is 4.09. The molecule has 0 radical (unpaired) electrons. The van der Waals surface area contributed by atoms with Crippen LogP contribution >= 0.6 is 22.9 Å². The van der Waals surface area contributed by atoms with Crippen LogP contribution in [0.4, 0.5) is 5.00 Å². The molecular formula is C24H28ClNO3S. The minimum atomic E-state index is -0.363. The van der Waals surface area contributed by atoms with E-state index in [0.717, 1.165) is 30.4 Å². The van der Waals surface area contributed by atoms with Crippen molar-refractivity contribution >= 4 is 45.9 Å². The summed E-state index contributed by atoms with van der Waals surface area (Å²) in [5.74, 6) is -0.102. The van der Waals surface area contributed by atoms with Gasteiger partial charge in [0.15, 0.2) is 0 Å². The molecule has 0 fully saturated rings. The van der Waals surface area contributed by atoms with E-state index in [-0.39, 0.29) is 17.3 Å². The maximum absolute atomic E-state index is 12.7. The zero-order valence-electron chi connectivity index (χ0n) is 17.9. The van der Waals surface area contributed by atoms with E-state index < -0.39 is 0 Å². The maximum Gasteiger partial charge on any atom is 0.341 e. The second-order valence-electron chi connectivity index (χ2n) is 8.61. The monoisotopic (exact) mass is 445 g/mol. The van der Waals surface area contributed by atoms with Crippen molar-refractivity contribution in [2.75, 3.05) is 11.9 Å². The van der Waals surface area contributed by atoms with Crippen LogP contribution in [0.3, 0.4) is 0 Å². The van der Waals surface area contributed by atoms with Gasteiger partial charge >= 0.3 is 5.97 Å². The molecule has 3 rings (SSSR count). The van der Waals surface area contributed by atoms with Gasteiger partial charge in [0.25, 0.3) is 0 Å². The molecule has 4 nitrogen and oxygen atoms in total. The Labute approximate surface area is 187 Å². The lowest BCUT2D eigenvalue weighted by molar-refractivity contribution is -0.111. The van der Waals surface area contributed by atoms with Crippen LogP contribution in [0.2, 0.25) is 5.02 Å². The van der Waals surface area contributed by atoms with E-state index in [0.29, 0.717) is 28.1 Å². The van der Waals surface area contributed by atoms with E-state index in [9.17, 15) is 9.59 Å². The average molecular weight is 446 g/mol. The van der Waals surface area contributed by atoms with Gasteiger partial charge in [-0.15, -0.1) is 11.3 Å². The summed E-state index contributed by atoms with van der Waals surface area (Å²) in [5.41, 5.74) is 2.60. The highest BCUT2D eigenvalue weighted by Crippen LogP contribution is 2.44. The highest BCUT2D eigenvalue weighted by Gasteiger charge is 2.34. The predicted molar refractivity (Wildman–Crippen MR) is 124 cm³/mol. The Hall–Kier alpha value is -2.11. The number of halogens is 1. The number of fused-ring (bicyclic) bond motifs is 1. The molecule has 0 spiro atoms. The molecule has 0 aliphatic heterocycles. The largest absolute Gasteiger partial charge is 0.462 e. The minimum absolute atomic E-state index is 0.203. The van der Waals surface area contributed by atoms with Crippen molar-refractivity contribution in [3.05, 3.63) is 56.9 Å². The van der Waals surface area contributed by atoms with Gasteiger partial charge in [-0.2, -0.15) is 0 Å². The fourth-order valence-electron chi connectivity index (χ4n) is 3.77. The molecule has 160 valence electrons. The Morgan fingerprint density at radius 1 is 1.33 bits per heavy atom. The number of rotatable bonds is 5. The third-order valence-electron chi connectivity index (χ3n) is 5.48. The number of ether oxygens (including phenoxy) is 1. The quantitative estimate of drug-likeness (QED) is 0.429. The molecule has 0 bridgehead atoms. The molecule has 1 aromatic carbocycles. The summed E-state index contributed by atoms with van der Waals surface area (Å²) >= 11 is 7.49. The van der Waals surface area contributed by atoms with Crippen molar-refractivity contribution in [1.29, 1.82) is 0 Å². The molecule has 30 heavy (non-hydrogen) atoms. The molecule has 1 N–H and O–H groups in total. The van der Waals surface area contributed by atoms with Gasteiger partial charge < -0.3 is 10.1 Å². The lowest BCUT2D eigenvalue weighted by Crippen LogP contribution is -2.26. The molecule has 0 saturated carbocycles. The molecule has 1 atom stereocenters. The number of hydrogen-bond acceptors (Lipinski definition) is 4. The van der Waals surface area contributed by atoms with Crippen LogP contribution in [-0.4, -0.2) is 18.5 Å². The Bertz CT molecular complexity index is 971. The first-order valence-electron chi connectivity index (χ1n) is 10.2. The topological polar surface area (TPSA) is 55.4 Å². The normalized spacial score (nSPS) is 16.4. The first kappa shape index (κ1) is 22.6. The smallest absolute Gasteiger partial charge is 0.341 e. The summed E-state index contributed by atoms with van der Waals surface area (Å²) in [6.07, 6.45) is 5.94. The number of carbonyl (C=O) groups excluding carboxylic acids is 2. The van der Waals surface area contributed by atoms with Gasteiger partial charge in [-0.25, -0.2) is 4.79 Å². The SMILES string of the molecule is CCOC(=O)c1c(NC(=O)/C=C/c2cccc(Cl)c2)sc2c1CCC(C(C)(C)C)C2. The summed E-state index contributed by atoms with van der Waals surface area (Å²) in [7, 11) is 0. The van der Waals surface area contributed by atoms with Gasteiger partial charge in [-0.3, -0.25) is 4.79 Å². The van der Waals surface area contributed by atoms with Crippen LogP contribution in [-0.2, 0) is 22.4 Å². The number of carbonyl (C=O) groups is 2. The van der Waals surface area contributed by atoms with E-state index in [4.69, 9.17) is 16.3 Å². The molecule has 6 heteroatoms. The van der Waals surface area contributed by atoms with Crippen molar-refractivity contribution < 1.29 is 14.3 Å². The van der Waals surface area contributed by atoms with Crippen molar-refractivity contribution in [2.24, 2.45) is 11.3 Å². The second kappa shape index (κ2) is 9.36. The van der Waals surface area contributed by atoms with Crippen molar-refractivity contribution in [1.82, 2.24) is 0 Å². The number of thiophene rings is 1. The molecule has 1 amide bonds. The van der Waals surface area contributed by atoms with E-state index in [1.54, 1.807) is 25.1 Å². The van der Waals surface area contributed by atoms with Crippen LogP contribution in [0.25, 0.3) is 6.08 Å². The standard InChI is InChI=1S/C24H28ClNO3S/c1-5-29-23(28)21-18-11-10-16(24(2,3)4)14-19(18)30-22(21)26-20(27)12-9-15-7-6-8-17(25)13-15/h6-9,12-13,16H,5,10-11,14H2,1-4H3,(H,26,27)/b12-9+. The summed E-state index contributed by atoms with van der Waals surface area (Å²) in [4.78, 5) is 26.4. The molecule has 1 aromatic heterocycles. The van der Waals surface area contributed by atoms with Crippen LogP contribution in [0.5, 0.6) is 0 Å². The third-order valence-corrected chi connectivity index (χ3v) is 6.89.